The van der Waals surface area contributed by atoms with Crippen molar-refractivity contribution < 1.29 is 5.11 Å². The molecule has 0 saturated heterocycles. The molecule has 1 aromatic rings. The minimum Gasteiger partial charge on any atom is -0.395 e. The second-order valence-corrected chi connectivity index (χ2v) is 10.5. The first-order valence-corrected chi connectivity index (χ1v) is 9.52. The van der Waals surface area contributed by atoms with E-state index in [2.05, 4.69) is 38.7 Å². The summed E-state index contributed by atoms with van der Waals surface area (Å²) in [5, 5.41) is 16.2. The van der Waals surface area contributed by atoms with E-state index < -0.39 is 8.28 Å². The van der Waals surface area contributed by atoms with E-state index in [1.807, 2.05) is 25.1 Å². The van der Waals surface area contributed by atoms with Gasteiger partial charge in [0.2, 0.25) is 0 Å². The van der Waals surface area contributed by atoms with Gasteiger partial charge in [-0.05, 0) is 25.1 Å². The molecule has 1 heterocycles. The molecule has 102 valence electrons. The summed E-state index contributed by atoms with van der Waals surface area (Å²) in [7, 11) is -1.72. The van der Waals surface area contributed by atoms with Crippen molar-refractivity contribution in [3.8, 4) is 0 Å². The van der Waals surface area contributed by atoms with Crippen molar-refractivity contribution in [3.05, 3.63) is 23.2 Å². The van der Waals surface area contributed by atoms with Crippen LogP contribution in [-0.4, -0.2) is 24.0 Å². The van der Waals surface area contributed by atoms with Gasteiger partial charge in [0.05, 0.1) is 12.3 Å². The molecule has 1 aliphatic heterocycles. The summed E-state index contributed by atoms with van der Waals surface area (Å²) in [4.78, 5) is 0.955. The van der Waals surface area contributed by atoms with E-state index in [1.165, 1.54) is 0 Å². The van der Waals surface area contributed by atoms with E-state index in [0.717, 1.165) is 10.6 Å². The first-order chi connectivity index (χ1) is 8.42. The van der Waals surface area contributed by atoms with Crippen LogP contribution in [0, 0.1) is 0 Å². The van der Waals surface area contributed by atoms with Gasteiger partial charge in [0.1, 0.15) is 6.29 Å². The Bertz CT molecular complexity index is 446. The normalized spacial score (nSPS) is 24.8. The van der Waals surface area contributed by atoms with Crippen LogP contribution in [0.1, 0.15) is 6.92 Å². The topological polar surface area (TPSA) is 56.3 Å². The molecule has 0 aromatic heterocycles. The summed E-state index contributed by atoms with van der Waals surface area (Å²) in [6, 6.07) is 5.56. The average molecular weight is 326 g/mol. The lowest BCUT2D eigenvalue weighted by molar-refractivity contribution is 0.242. The predicted molar refractivity (Wildman–Crippen MR) is 85.5 cm³/mol. The molecular formula is C10H16ClN3OS3. The number of nitrogens with one attached hydrogen (secondary N) is 3. The van der Waals surface area contributed by atoms with Crippen LogP contribution in [-0.2, 0) is 0 Å². The molecule has 0 spiro atoms. The Balaban J connectivity index is 2.24. The molecule has 18 heavy (non-hydrogen) atoms. The van der Waals surface area contributed by atoms with Crippen molar-refractivity contribution in [2.24, 2.45) is 0 Å². The summed E-state index contributed by atoms with van der Waals surface area (Å²) in [5.74, 6) is 0. The fourth-order valence-electron chi connectivity index (χ4n) is 1.68. The highest BCUT2D eigenvalue weighted by Gasteiger charge is 2.30. The van der Waals surface area contributed by atoms with Gasteiger partial charge in [-0.1, -0.05) is 19.9 Å². The van der Waals surface area contributed by atoms with Crippen LogP contribution >= 0.6 is 43.2 Å². The Kier molecular flexibility index (Phi) is 4.64. The SMILES string of the molecule is CC(CO)NC1Nc2ccc(Cl)cc2S(S)(S)N1. The van der Waals surface area contributed by atoms with Gasteiger partial charge in [-0.25, -0.2) is 4.72 Å². The Morgan fingerprint density at radius 1 is 1.56 bits per heavy atom. The molecule has 4 nitrogen and oxygen atoms in total. The molecule has 1 aliphatic rings. The third kappa shape index (κ3) is 3.22. The quantitative estimate of drug-likeness (QED) is 0.382. The summed E-state index contributed by atoms with van der Waals surface area (Å²) < 4.78 is 3.26. The highest BCUT2D eigenvalue weighted by molar-refractivity contribution is 9.17. The number of rotatable bonds is 3. The van der Waals surface area contributed by atoms with E-state index in [-0.39, 0.29) is 18.9 Å². The Morgan fingerprint density at radius 3 is 2.94 bits per heavy atom. The molecule has 8 heteroatoms. The number of hydrogen-bond acceptors (Lipinski definition) is 6. The lowest BCUT2D eigenvalue weighted by atomic mass is 10.3. The fourth-order valence-corrected chi connectivity index (χ4v) is 4.76. The smallest absolute Gasteiger partial charge is 0.142 e. The summed E-state index contributed by atoms with van der Waals surface area (Å²) in [6.45, 7) is 1.96. The largest absolute Gasteiger partial charge is 0.395 e. The molecule has 1 aromatic carbocycles. The van der Waals surface area contributed by atoms with Crippen LogP contribution in [0.3, 0.4) is 0 Å². The first-order valence-electron chi connectivity index (χ1n) is 5.41. The van der Waals surface area contributed by atoms with E-state index in [4.69, 9.17) is 16.7 Å². The Labute approximate surface area is 123 Å². The van der Waals surface area contributed by atoms with Crippen LogP contribution in [0.2, 0.25) is 5.02 Å². The molecule has 2 unspecified atom stereocenters. The van der Waals surface area contributed by atoms with Crippen molar-refractivity contribution in [2.75, 3.05) is 11.9 Å². The van der Waals surface area contributed by atoms with Crippen LogP contribution in [0.25, 0.3) is 0 Å². The van der Waals surface area contributed by atoms with E-state index in [1.54, 1.807) is 0 Å². The summed E-state index contributed by atoms with van der Waals surface area (Å²) in [6.07, 6.45) is -0.189. The van der Waals surface area contributed by atoms with Gasteiger partial charge in [-0.15, -0.1) is 23.3 Å². The van der Waals surface area contributed by atoms with Gasteiger partial charge in [0.15, 0.2) is 0 Å². The molecular weight excluding hydrogens is 310 g/mol. The second kappa shape index (κ2) is 5.70. The van der Waals surface area contributed by atoms with Crippen molar-refractivity contribution in [1.29, 1.82) is 0 Å². The van der Waals surface area contributed by atoms with Crippen LogP contribution in [0.15, 0.2) is 23.1 Å². The second-order valence-electron chi connectivity index (χ2n) is 4.13. The van der Waals surface area contributed by atoms with Crippen molar-refractivity contribution in [1.82, 2.24) is 10.0 Å². The highest BCUT2D eigenvalue weighted by atomic mass is 35.5. The number of thiol groups is 2. The fraction of sp³-hybridized carbons (Fsp3) is 0.400. The highest BCUT2D eigenvalue weighted by Crippen LogP contribution is 2.64. The maximum Gasteiger partial charge on any atom is 0.142 e. The molecule has 0 bridgehead atoms. The third-order valence-corrected chi connectivity index (χ3v) is 6.12. The third-order valence-electron chi connectivity index (χ3n) is 2.56. The molecule has 0 aliphatic carbocycles. The van der Waals surface area contributed by atoms with Crippen molar-refractivity contribution in [3.63, 3.8) is 0 Å². The van der Waals surface area contributed by atoms with Crippen LogP contribution in [0.5, 0.6) is 0 Å². The molecule has 2 rings (SSSR count). The predicted octanol–water partition coefficient (Wildman–Crippen LogP) is 2.38. The van der Waals surface area contributed by atoms with Crippen molar-refractivity contribution >= 4 is 48.9 Å². The van der Waals surface area contributed by atoms with Gasteiger partial charge in [0.25, 0.3) is 0 Å². The number of hydrogen-bond donors (Lipinski definition) is 6. The standard InChI is InChI=1S/C10H16ClN3OS3/c1-6(5-15)12-10-13-8-3-2-7(11)4-9(8)18(16,17)14-10/h2-4,6,10,12-17H,5H2,1H3. The lowest BCUT2D eigenvalue weighted by Crippen LogP contribution is -2.53. The van der Waals surface area contributed by atoms with Gasteiger partial charge >= 0.3 is 0 Å². The molecule has 4 N–H and O–H groups in total. The zero-order chi connectivity index (χ0) is 13.3. The number of aliphatic hydroxyl groups excluding tert-OH is 1. The number of fused-ring (bicyclic) bond motifs is 1. The maximum absolute atomic E-state index is 9.06. The molecule has 0 saturated carbocycles. The minimum absolute atomic E-state index is 0.0271. The Hall–Kier alpha value is 0.240. The van der Waals surface area contributed by atoms with Crippen molar-refractivity contribution in [2.45, 2.75) is 24.2 Å². The van der Waals surface area contributed by atoms with E-state index in [9.17, 15) is 0 Å². The molecule has 2 atom stereocenters. The van der Waals surface area contributed by atoms with Gasteiger partial charge < -0.3 is 10.4 Å². The lowest BCUT2D eigenvalue weighted by Gasteiger charge is -2.42. The summed E-state index contributed by atoms with van der Waals surface area (Å²) >= 11 is 15.2. The van der Waals surface area contributed by atoms with Gasteiger partial charge in [0, 0.05) is 16.0 Å². The maximum atomic E-state index is 9.06. The molecule has 0 radical (unpaired) electrons. The van der Waals surface area contributed by atoms with E-state index in [0.29, 0.717) is 5.02 Å². The Morgan fingerprint density at radius 2 is 2.28 bits per heavy atom. The number of aliphatic hydroxyl groups is 1. The zero-order valence-electron chi connectivity index (χ0n) is 9.72. The monoisotopic (exact) mass is 325 g/mol. The van der Waals surface area contributed by atoms with Crippen LogP contribution in [0.4, 0.5) is 5.69 Å². The summed E-state index contributed by atoms with van der Waals surface area (Å²) in [5.41, 5.74) is 0.945. The average Bonchev–Trinajstić information content (AvgIpc) is 2.29. The van der Waals surface area contributed by atoms with Gasteiger partial charge in [-0.2, -0.15) is 0 Å². The van der Waals surface area contributed by atoms with E-state index >= 15 is 0 Å². The molecule has 0 amide bonds. The molecule has 0 fully saturated rings. The zero-order valence-corrected chi connectivity index (χ0v) is 13.1. The number of halogens is 1. The van der Waals surface area contributed by atoms with Crippen LogP contribution < -0.4 is 15.4 Å². The number of anilines is 1. The minimum atomic E-state index is -1.72. The first kappa shape index (κ1) is 14.6. The number of benzene rings is 1. The van der Waals surface area contributed by atoms with Gasteiger partial charge in [-0.3, -0.25) is 5.32 Å².